The van der Waals surface area contributed by atoms with E-state index >= 15 is 0 Å². The first kappa shape index (κ1) is 17.5. The van der Waals surface area contributed by atoms with Crippen molar-refractivity contribution in [1.82, 2.24) is 5.32 Å². The van der Waals surface area contributed by atoms with Crippen molar-refractivity contribution in [1.29, 1.82) is 0 Å². The second-order valence-corrected chi connectivity index (χ2v) is 7.96. The Morgan fingerprint density at radius 2 is 1.83 bits per heavy atom. The summed E-state index contributed by atoms with van der Waals surface area (Å²) in [6, 6.07) is 6.48. The highest BCUT2D eigenvalue weighted by atomic mass is 16.3. The van der Waals surface area contributed by atoms with Crippen molar-refractivity contribution in [2.75, 3.05) is 6.54 Å². The molecule has 1 saturated carbocycles. The molecule has 0 aliphatic heterocycles. The average molecular weight is 329 g/mol. The Labute approximate surface area is 145 Å². The van der Waals surface area contributed by atoms with Gasteiger partial charge in [0.05, 0.1) is 12.0 Å². The van der Waals surface area contributed by atoms with E-state index in [2.05, 4.69) is 23.5 Å². The summed E-state index contributed by atoms with van der Waals surface area (Å²) in [5.41, 5.74) is 3.17. The molecule has 0 saturated heterocycles. The van der Waals surface area contributed by atoms with Gasteiger partial charge in [0, 0.05) is 6.54 Å². The van der Waals surface area contributed by atoms with Crippen molar-refractivity contribution in [3.8, 4) is 0 Å². The van der Waals surface area contributed by atoms with Crippen LogP contribution in [-0.4, -0.2) is 23.2 Å². The van der Waals surface area contributed by atoms with E-state index in [0.29, 0.717) is 18.9 Å². The Kier molecular flexibility index (Phi) is 5.60. The fraction of sp³-hybridized carbons (Fsp3) is 0.667. The molecule has 2 N–H and O–H groups in total. The maximum absolute atomic E-state index is 12.3. The van der Waals surface area contributed by atoms with E-state index < -0.39 is 5.60 Å². The number of fused-ring (bicyclic) bond motifs is 1. The summed E-state index contributed by atoms with van der Waals surface area (Å²) in [6.45, 7) is 2.24. The second kappa shape index (κ2) is 7.69. The Bertz CT molecular complexity index is 573. The summed E-state index contributed by atoms with van der Waals surface area (Å²) >= 11 is 0. The van der Waals surface area contributed by atoms with Gasteiger partial charge < -0.3 is 10.4 Å². The van der Waals surface area contributed by atoms with Gasteiger partial charge in [-0.05, 0) is 68.1 Å². The monoisotopic (exact) mass is 329 g/mol. The zero-order valence-corrected chi connectivity index (χ0v) is 14.9. The van der Waals surface area contributed by atoms with Crippen LogP contribution in [0.4, 0.5) is 0 Å². The van der Waals surface area contributed by atoms with Crippen LogP contribution in [0.15, 0.2) is 18.2 Å². The van der Waals surface area contributed by atoms with Crippen molar-refractivity contribution in [3.63, 3.8) is 0 Å². The molecular formula is C21H31NO2. The van der Waals surface area contributed by atoms with Gasteiger partial charge in [0.15, 0.2) is 0 Å². The molecule has 0 heterocycles. The lowest BCUT2D eigenvalue weighted by molar-refractivity contribution is -0.122. The fourth-order valence-corrected chi connectivity index (χ4v) is 4.29. The van der Waals surface area contributed by atoms with Crippen molar-refractivity contribution in [2.45, 2.75) is 76.7 Å². The SMILES string of the molecule is CC(O)(CNC(=O)Cc1ccc2c(c1)CCCC2)C1CCCCC1. The van der Waals surface area contributed by atoms with Gasteiger partial charge in [-0.2, -0.15) is 0 Å². The molecule has 132 valence electrons. The molecule has 0 radical (unpaired) electrons. The topological polar surface area (TPSA) is 49.3 Å². The molecule has 1 aromatic rings. The van der Waals surface area contributed by atoms with Crippen LogP contribution in [0.3, 0.4) is 0 Å². The molecular weight excluding hydrogens is 298 g/mol. The molecule has 3 heteroatoms. The van der Waals surface area contributed by atoms with Crippen LogP contribution in [0.2, 0.25) is 0 Å². The number of carbonyl (C=O) groups excluding carboxylic acids is 1. The number of amides is 1. The Morgan fingerprint density at radius 3 is 2.58 bits per heavy atom. The van der Waals surface area contributed by atoms with E-state index in [1.54, 1.807) is 0 Å². The van der Waals surface area contributed by atoms with E-state index in [0.717, 1.165) is 24.8 Å². The molecule has 0 bridgehead atoms. The van der Waals surface area contributed by atoms with Crippen LogP contribution in [-0.2, 0) is 24.1 Å². The summed E-state index contributed by atoms with van der Waals surface area (Å²) in [5.74, 6) is 0.331. The molecule has 2 aliphatic carbocycles. The van der Waals surface area contributed by atoms with E-state index in [9.17, 15) is 9.90 Å². The molecule has 3 rings (SSSR count). The maximum Gasteiger partial charge on any atom is 0.224 e. The quantitative estimate of drug-likeness (QED) is 0.868. The summed E-state index contributed by atoms with van der Waals surface area (Å²) < 4.78 is 0. The van der Waals surface area contributed by atoms with Crippen LogP contribution in [0.25, 0.3) is 0 Å². The number of aliphatic hydroxyl groups is 1. The number of hydrogen-bond donors (Lipinski definition) is 2. The fourth-order valence-electron chi connectivity index (χ4n) is 4.29. The van der Waals surface area contributed by atoms with Crippen molar-refractivity contribution in [3.05, 3.63) is 34.9 Å². The molecule has 3 nitrogen and oxygen atoms in total. The third kappa shape index (κ3) is 4.38. The first-order valence-corrected chi connectivity index (χ1v) is 9.64. The van der Waals surface area contributed by atoms with E-state index in [-0.39, 0.29) is 5.91 Å². The van der Waals surface area contributed by atoms with Gasteiger partial charge in [0.1, 0.15) is 0 Å². The smallest absolute Gasteiger partial charge is 0.224 e. The minimum absolute atomic E-state index is 0.0156. The standard InChI is InChI=1S/C21H31NO2/c1-21(24,19-9-3-2-4-10-19)15-22-20(23)14-16-11-12-17-7-5-6-8-18(17)13-16/h11-13,19,24H,2-10,14-15H2,1H3,(H,22,23). The van der Waals surface area contributed by atoms with Gasteiger partial charge in [-0.25, -0.2) is 0 Å². The molecule has 24 heavy (non-hydrogen) atoms. The summed E-state index contributed by atoms with van der Waals surface area (Å²) in [6.07, 6.45) is 11.1. The predicted octanol–water partition coefficient (Wildman–Crippen LogP) is 3.56. The minimum atomic E-state index is -0.786. The number of carbonyl (C=O) groups is 1. The zero-order valence-electron chi connectivity index (χ0n) is 14.9. The number of benzene rings is 1. The third-order valence-corrected chi connectivity index (χ3v) is 5.91. The second-order valence-electron chi connectivity index (χ2n) is 7.96. The van der Waals surface area contributed by atoms with Gasteiger partial charge in [-0.1, -0.05) is 37.5 Å². The van der Waals surface area contributed by atoms with Gasteiger partial charge in [0.25, 0.3) is 0 Å². The van der Waals surface area contributed by atoms with Gasteiger partial charge in [-0.15, -0.1) is 0 Å². The summed E-state index contributed by atoms with van der Waals surface area (Å²) in [4.78, 5) is 12.3. The lowest BCUT2D eigenvalue weighted by Crippen LogP contribution is -2.47. The van der Waals surface area contributed by atoms with E-state index in [4.69, 9.17) is 0 Å². The lowest BCUT2D eigenvalue weighted by Gasteiger charge is -2.35. The highest BCUT2D eigenvalue weighted by Gasteiger charge is 2.32. The number of nitrogens with one attached hydrogen (secondary N) is 1. The molecule has 2 aliphatic rings. The van der Waals surface area contributed by atoms with Crippen LogP contribution in [0.1, 0.15) is 68.6 Å². The Morgan fingerprint density at radius 1 is 1.12 bits per heavy atom. The van der Waals surface area contributed by atoms with E-state index in [1.165, 1.54) is 49.7 Å². The third-order valence-electron chi connectivity index (χ3n) is 5.91. The maximum atomic E-state index is 12.3. The van der Waals surface area contributed by atoms with Gasteiger partial charge in [-0.3, -0.25) is 4.79 Å². The molecule has 0 spiro atoms. The predicted molar refractivity (Wildman–Crippen MR) is 97.0 cm³/mol. The van der Waals surface area contributed by atoms with Crippen molar-refractivity contribution < 1.29 is 9.90 Å². The summed E-state index contributed by atoms with van der Waals surface area (Å²) in [5, 5.41) is 13.7. The van der Waals surface area contributed by atoms with Gasteiger partial charge >= 0.3 is 0 Å². The molecule has 1 unspecified atom stereocenters. The minimum Gasteiger partial charge on any atom is -0.388 e. The number of hydrogen-bond acceptors (Lipinski definition) is 2. The molecule has 1 aromatic carbocycles. The molecule has 0 aromatic heterocycles. The molecule has 1 amide bonds. The Hall–Kier alpha value is -1.35. The van der Waals surface area contributed by atoms with E-state index in [1.807, 2.05) is 6.92 Å². The zero-order chi connectivity index (χ0) is 17.0. The Balaban J connectivity index is 1.52. The number of rotatable bonds is 5. The highest BCUT2D eigenvalue weighted by molar-refractivity contribution is 5.78. The normalized spacial score (nSPS) is 20.9. The first-order chi connectivity index (χ1) is 11.5. The van der Waals surface area contributed by atoms with Crippen LogP contribution < -0.4 is 5.32 Å². The molecule has 1 atom stereocenters. The van der Waals surface area contributed by atoms with Crippen LogP contribution in [0.5, 0.6) is 0 Å². The van der Waals surface area contributed by atoms with Crippen LogP contribution >= 0.6 is 0 Å². The van der Waals surface area contributed by atoms with Gasteiger partial charge in [0.2, 0.25) is 5.91 Å². The number of aryl methyl sites for hydroxylation is 2. The lowest BCUT2D eigenvalue weighted by atomic mass is 9.78. The summed E-state index contributed by atoms with van der Waals surface area (Å²) in [7, 11) is 0. The largest absolute Gasteiger partial charge is 0.388 e. The average Bonchev–Trinajstić information content (AvgIpc) is 2.61. The first-order valence-electron chi connectivity index (χ1n) is 9.64. The molecule has 1 fully saturated rings. The van der Waals surface area contributed by atoms with Crippen molar-refractivity contribution in [2.24, 2.45) is 5.92 Å². The van der Waals surface area contributed by atoms with Crippen molar-refractivity contribution >= 4 is 5.91 Å². The van der Waals surface area contributed by atoms with Crippen LogP contribution in [0, 0.1) is 5.92 Å². The highest BCUT2D eigenvalue weighted by Crippen LogP contribution is 2.32.